The molecular formula is C16H18N2O. The van der Waals surface area contributed by atoms with Crippen LogP contribution in [0.25, 0.3) is 0 Å². The number of anilines is 2. The SMILES string of the molecule is Nc1ccc(N2CCC(Oc3ccccc3)C2)cc1. The summed E-state index contributed by atoms with van der Waals surface area (Å²) in [5, 5.41) is 0. The molecule has 0 amide bonds. The lowest BCUT2D eigenvalue weighted by Crippen LogP contribution is -2.24. The standard InChI is InChI=1S/C16H18N2O/c17-13-6-8-14(9-7-13)18-11-10-16(12-18)19-15-4-2-1-3-5-15/h1-9,16H,10-12,17H2. The van der Waals surface area contributed by atoms with E-state index in [1.165, 1.54) is 5.69 Å². The van der Waals surface area contributed by atoms with E-state index in [1.807, 2.05) is 42.5 Å². The smallest absolute Gasteiger partial charge is 0.119 e. The largest absolute Gasteiger partial charge is 0.489 e. The zero-order chi connectivity index (χ0) is 13.1. The first kappa shape index (κ1) is 11.9. The first-order chi connectivity index (χ1) is 9.31. The number of benzene rings is 2. The van der Waals surface area contributed by atoms with Gasteiger partial charge in [0.2, 0.25) is 0 Å². The number of hydrogen-bond acceptors (Lipinski definition) is 3. The summed E-state index contributed by atoms with van der Waals surface area (Å²) < 4.78 is 5.98. The van der Waals surface area contributed by atoms with Crippen LogP contribution in [0.5, 0.6) is 5.75 Å². The van der Waals surface area contributed by atoms with Crippen molar-refractivity contribution in [2.45, 2.75) is 12.5 Å². The molecule has 2 N–H and O–H groups in total. The topological polar surface area (TPSA) is 38.5 Å². The van der Waals surface area contributed by atoms with Crippen molar-refractivity contribution in [3.63, 3.8) is 0 Å². The number of nitrogens with two attached hydrogens (primary N) is 1. The molecule has 1 saturated heterocycles. The van der Waals surface area contributed by atoms with E-state index in [0.717, 1.165) is 30.9 Å². The first-order valence-corrected chi connectivity index (χ1v) is 6.63. The molecule has 1 atom stereocenters. The highest BCUT2D eigenvalue weighted by Crippen LogP contribution is 2.24. The van der Waals surface area contributed by atoms with Gasteiger partial charge in [-0.25, -0.2) is 0 Å². The van der Waals surface area contributed by atoms with Crippen LogP contribution >= 0.6 is 0 Å². The lowest BCUT2D eigenvalue weighted by Gasteiger charge is -2.19. The van der Waals surface area contributed by atoms with Crippen LogP contribution in [-0.4, -0.2) is 19.2 Å². The first-order valence-electron chi connectivity index (χ1n) is 6.63. The normalized spacial score (nSPS) is 18.5. The number of rotatable bonds is 3. The third-order valence-electron chi connectivity index (χ3n) is 3.45. The Morgan fingerprint density at radius 3 is 2.47 bits per heavy atom. The summed E-state index contributed by atoms with van der Waals surface area (Å²) in [7, 11) is 0. The van der Waals surface area contributed by atoms with Crippen LogP contribution < -0.4 is 15.4 Å². The van der Waals surface area contributed by atoms with Crippen molar-refractivity contribution in [1.29, 1.82) is 0 Å². The summed E-state index contributed by atoms with van der Waals surface area (Å²) in [6.45, 7) is 1.96. The van der Waals surface area contributed by atoms with Crippen LogP contribution in [0.15, 0.2) is 54.6 Å². The molecule has 1 heterocycles. The van der Waals surface area contributed by atoms with Crippen molar-refractivity contribution >= 4 is 11.4 Å². The maximum atomic E-state index is 5.98. The maximum absolute atomic E-state index is 5.98. The molecule has 1 aliphatic rings. The predicted molar refractivity (Wildman–Crippen MR) is 78.5 cm³/mol. The van der Waals surface area contributed by atoms with Crippen LogP contribution in [0.2, 0.25) is 0 Å². The van der Waals surface area contributed by atoms with Crippen molar-refractivity contribution in [2.24, 2.45) is 0 Å². The van der Waals surface area contributed by atoms with Gasteiger partial charge in [-0.3, -0.25) is 0 Å². The van der Waals surface area contributed by atoms with Gasteiger partial charge in [0.05, 0.1) is 6.54 Å². The van der Waals surface area contributed by atoms with Crippen molar-refractivity contribution in [2.75, 3.05) is 23.7 Å². The van der Waals surface area contributed by atoms with E-state index in [-0.39, 0.29) is 6.10 Å². The zero-order valence-corrected chi connectivity index (χ0v) is 10.8. The molecule has 1 fully saturated rings. The number of ether oxygens (including phenoxy) is 1. The summed E-state index contributed by atoms with van der Waals surface area (Å²) >= 11 is 0. The minimum atomic E-state index is 0.264. The quantitative estimate of drug-likeness (QED) is 0.856. The molecule has 0 saturated carbocycles. The van der Waals surface area contributed by atoms with Crippen molar-refractivity contribution in [3.05, 3.63) is 54.6 Å². The zero-order valence-electron chi connectivity index (χ0n) is 10.8. The number of hydrogen-bond donors (Lipinski definition) is 1. The molecule has 0 aromatic heterocycles. The summed E-state index contributed by atoms with van der Waals surface area (Å²) in [5.74, 6) is 0.951. The van der Waals surface area contributed by atoms with Gasteiger partial charge in [0.15, 0.2) is 0 Å². The number of nitrogens with zero attached hydrogens (tertiary/aromatic N) is 1. The van der Waals surface area contributed by atoms with Crippen LogP contribution in [-0.2, 0) is 0 Å². The van der Waals surface area contributed by atoms with Gasteiger partial charge in [-0.1, -0.05) is 18.2 Å². The molecule has 2 aromatic rings. The second-order valence-electron chi connectivity index (χ2n) is 4.88. The van der Waals surface area contributed by atoms with E-state index in [4.69, 9.17) is 10.5 Å². The Kier molecular flexibility index (Phi) is 3.27. The van der Waals surface area contributed by atoms with E-state index in [1.54, 1.807) is 0 Å². The fraction of sp³-hybridized carbons (Fsp3) is 0.250. The molecule has 0 bridgehead atoms. The van der Waals surface area contributed by atoms with Crippen molar-refractivity contribution in [1.82, 2.24) is 0 Å². The summed E-state index contributed by atoms with van der Waals surface area (Å²) in [4.78, 5) is 2.34. The minimum Gasteiger partial charge on any atom is -0.489 e. The van der Waals surface area contributed by atoms with Gasteiger partial charge >= 0.3 is 0 Å². The van der Waals surface area contributed by atoms with Crippen molar-refractivity contribution < 1.29 is 4.74 Å². The Labute approximate surface area is 113 Å². The van der Waals surface area contributed by atoms with Gasteiger partial charge < -0.3 is 15.4 Å². The average Bonchev–Trinajstić information content (AvgIpc) is 2.89. The molecule has 3 heteroatoms. The van der Waals surface area contributed by atoms with Gasteiger partial charge in [0.1, 0.15) is 11.9 Å². The molecular weight excluding hydrogens is 236 g/mol. The Balaban J connectivity index is 1.62. The highest BCUT2D eigenvalue weighted by atomic mass is 16.5. The van der Waals surface area contributed by atoms with E-state index in [9.17, 15) is 0 Å². The second kappa shape index (κ2) is 5.22. The summed E-state index contributed by atoms with van der Waals surface area (Å²) in [6.07, 6.45) is 1.32. The monoisotopic (exact) mass is 254 g/mol. The van der Waals surface area contributed by atoms with Gasteiger partial charge in [0, 0.05) is 24.3 Å². The van der Waals surface area contributed by atoms with Gasteiger partial charge in [0.25, 0.3) is 0 Å². The highest BCUT2D eigenvalue weighted by molar-refractivity contribution is 5.53. The fourth-order valence-electron chi connectivity index (χ4n) is 2.44. The molecule has 2 aromatic carbocycles. The van der Waals surface area contributed by atoms with Crippen LogP contribution in [0.3, 0.4) is 0 Å². The van der Waals surface area contributed by atoms with E-state index in [2.05, 4.69) is 17.0 Å². The Hall–Kier alpha value is -2.16. The van der Waals surface area contributed by atoms with Gasteiger partial charge in [-0.05, 0) is 36.4 Å². The Morgan fingerprint density at radius 2 is 1.74 bits per heavy atom. The van der Waals surface area contributed by atoms with Gasteiger partial charge in [-0.15, -0.1) is 0 Å². The third kappa shape index (κ3) is 2.81. The molecule has 3 nitrogen and oxygen atoms in total. The number of para-hydroxylation sites is 1. The van der Waals surface area contributed by atoms with E-state index < -0.39 is 0 Å². The molecule has 0 aliphatic carbocycles. The van der Waals surface area contributed by atoms with Crippen LogP contribution in [0.1, 0.15) is 6.42 Å². The molecule has 0 spiro atoms. The fourth-order valence-corrected chi connectivity index (χ4v) is 2.44. The minimum absolute atomic E-state index is 0.264. The van der Waals surface area contributed by atoms with Gasteiger partial charge in [-0.2, -0.15) is 0 Å². The van der Waals surface area contributed by atoms with E-state index >= 15 is 0 Å². The second-order valence-corrected chi connectivity index (χ2v) is 4.88. The lowest BCUT2D eigenvalue weighted by atomic mass is 10.2. The molecule has 1 unspecified atom stereocenters. The van der Waals surface area contributed by atoms with Crippen LogP contribution in [0.4, 0.5) is 11.4 Å². The molecule has 98 valence electrons. The predicted octanol–water partition coefficient (Wildman–Crippen LogP) is 2.93. The summed E-state index contributed by atoms with van der Waals surface area (Å²) in [6, 6.07) is 18.0. The third-order valence-corrected chi connectivity index (χ3v) is 3.45. The molecule has 3 rings (SSSR count). The van der Waals surface area contributed by atoms with E-state index in [0.29, 0.717) is 0 Å². The Bertz CT molecular complexity index is 524. The molecule has 0 radical (unpaired) electrons. The molecule has 19 heavy (non-hydrogen) atoms. The van der Waals surface area contributed by atoms with Crippen LogP contribution in [0, 0.1) is 0 Å². The number of nitrogen functional groups attached to an aromatic ring is 1. The lowest BCUT2D eigenvalue weighted by molar-refractivity contribution is 0.225. The summed E-state index contributed by atoms with van der Waals surface area (Å²) in [5.41, 5.74) is 7.73. The average molecular weight is 254 g/mol. The maximum Gasteiger partial charge on any atom is 0.119 e. The van der Waals surface area contributed by atoms with Crippen molar-refractivity contribution in [3.8, 4) is 5.75 Å². The highest BCUT2D eigenvalue weighted by Gasteiger charge is 2.24. The Morgan fingerprint density at radius 1 is 1.00 bits per heavy atom. The molecule has 1 aliphatic heterocycles.